The van der Waals surface area contributed by atoms with Crippen LogP contribution in [-0.4, -0.2) is 41.6 Å². The molecule has 1 saturated heterocycles. The highest BCUT2D eigenvalue weighted by Crippen LogP contribution is 2.29. The molecule has 1 aromatic heterocycles. The van der Waals surface area contributed by atoms with Crippen molar-refractivity contribution in [3.05, 3.63) is 23.9 Å². The first-order valence-corrected chi connectivity index (χ1v) is 10.1. The van der Waals surface area contributed by atoms with E-state index in [4.69, 9.17) is 9.73 Å². The number of hydrogen-bond donors (Lipinski definition) is 2. The van der Waals surface area contributed by atoms with Gasteiger partial charge in [0.2, 0.25) is 5.88 Å². The number of aromatic nitrogens is 1. The summed E-state index contributed by atoms with van der Waals surface area (Å²) >= 11 is 2.06. The molecule has 0 bridgehead atoms. The number of rotatable bonds is 8. The first kappa shape index (κ1) is 20.6. The van der Waals surface area contributed by atoms with Crippen molar-refractivity contribution in [2.45, 2.75) is 44.4 Å². The molecular formula is C18H29IN4OS. The summed E-state index contributed by atoms with van der Waals surface area (Å²) in [6, 6.07) is 4.01. The molecule has 1 atom stereocenters. The molecule has 2 heterocycles. The average Bonchev–Trinajstić information content (AvgIpc) is 3.29. The van der Waals surface area contributed by atoms with E-state index in [-0.39, 0.29) is 24.0 Å². The minimum atomic E-state index is 0. The van der Waals surface area contributed by atoms with Crippen molar-refractivity contribution in [3.63, 3.8) is 0 Å². The zero-order valence-electron chi connectivity index (χ0n) is 14.9. The van der Waals surface area contributed by atoms with Crippen molar-refractivity contribution in [2.75, 3.05) is 25.4 Å². The quantitative estimate of drug-likeness (QED) is 0.342. The summed E-state index contributed by atoms with van der Waals surface area (Å²) in [5.41, 5.74) is 1.13. The first-order valence-electron chi connectivity index (χ1n) is 9.05. The summed E-state index contributed by atoms with van der Waals surface area (Å²) in [6.45, 7) is 5.38. The highest BCUT2D eigenvalue weighted by atomic mass is 127. The summed E-state index contributed by atoms with van der Waals surface area (Å²) in [6.07, 6.45) is 7.04. The number of halogens is 1. The topological polar surface area (TPSA) is 58.5 Å². The molecule has 1 aliphatic heterocycles. The van der Waals surface area contributed by atoms with Gasteiger partial charge in [0.1, 0.15) is 0 Å². The molecule has 2 aliphatic rings. The molecule has 0 radical (unpaired) electrons. The van der Waals surface area contributed by atoms with Crippen LogP contribution < -0.4 is 15.4 Å². The highest BCUT2D eigenvalue weighted by Gasteiger charge is 2.22. The lowest BCUT2D eigenvalue weighted by molar-refractivity contribution is 0.288. The van der Waals surface area contributed by atoms with Crippen molar-refractivity contribution >= 4 is 41.7 Å². The molecule has 1 aromatic rings. The maximum atomic E-state index is 5.75. The van der Waals surface area contributed by atoms with Crippen LogP contribution in [0.1, 0.15) is 38.2 Å². The molecule has 3 rings (SSSR count). The number of thioether (sulfide) groups is 1. The Kier molecular flexibility index (Phi) is 9.16. The van der Waals surface area contributed by atoms with Crippen LogP contribution in [0.15, 0.2) is 23.3 Å². The zero-order chi connectivity index (χ0) is 16.6. The third-order valence-corrected chi connectivity index (χ3v) is 5.65. The second-order valence-electron chi connectivity index (χ2n) is 6.47. The Labute approximate surface area is 172 Å². The molecule has 1 unspecified atom stereocenters. The van der Waals surface area contributed by atoms with Crippen LogP contribution in [0.4, 0.5) is 0 Å². The minimum absolute atomic E-state index is 0. The molecule has 1 aliphatic carbocycles. The number of aliphatic imine (C=N–C) groups is 1. The monoisotopic (exact) mass is 476 g/mol. The van der Waals surface area contributed by atoms with Gasteiger partial charge in [0.25, 0.3) is 0 Å². The van der Waals surface area contributed by atoms with Gasteiger partial charge >= 0.3 is 0 Å². The lowest BCUT2D eigenvalue weighted by atomic mass is 10.2. The maximum Gasteiger partial charge on any atom is 0.213 e. The van der Waals surface area contributed by atoms with Crippen molar-refractivity contribution in [1.82, 2.24) is 15.6 Å². The van der Waals surface area contributed by atoms with Crippen molar-refractivity contribution in [1.29, 1.82) is 0 Å². The summed E-state index contributed by atoms with van der Waals surface area (Å²) in [4.78, 5) is 8.98. The van der Waals surface area contributed by atoms with Gasteiger partial charge in [0.05, 0.1) is 13.2 Å². The first-order chi connectivity index (χ1) is 11.8. The number of hydrogen-bond acceptors (Lipinski definition) is 4. The van der Waals surface area contributed by atoms with Crippen LogP contribution in [0.5, 0.6) is 5.88 Å². The fraction of sp³-hybridized carbons (Fsp3) is 0.667. The number of nitrogens with zero attached hydrogens (tertiary/aromatic N) is 2. The summed E-state index contributed by atoms with van der Waals surface area (Å²) in [7, 11) is 0. The summed E-state index contributed by atoms with van der Waals surface area (Å²) in [5, 5.41) is 7.51. The SMILES string of the molecule is CCNC(=NCc1ccnc(OCC2CC2)c1)NCC1CCCS1.I. The van der Waals surface area contributed by atoms with Crippen molar-refractivity contribution in [2.24, 2.45) is 10.9 Å². The molecule has 1 saturated carbocycles. The van der Waals surface area contributed by atoms with Crippen molar-refractivity contribution in [3.8, 4) is 5.88 Å². The summed E-state index contributed by atoms with van der Waals surface area (Å²) < 4.78 is 5.75. The minimum Gasteiger partial charge on any atom is -0.477 e. The molecule has 2 N–H and O–H groups in total. The van der Waals surface area contributed by atoms with Gasteiger partial charge in [-0.15, -0.1) is 24.0 Å². The van der Waals surface area contributed by atoms with Gasteiger partial charge in [-0.3, -0.25) is 0 Å². The Hall–Kier alpha value is -0.700. The molecule has 2 fully saturated rings. The standard InChI is InChI=1S/C18H28N4OS.HI/c1-2-19-18(22-12-16-4-3-9-24-16)21-11-15-7-8-20-17(10-15)23-13-14-5-6-14;/h7-8,10,14,16H,2-6,9,11-13H2,1H3,(H2,19,21,22);1H. The molecule has 0 spiro atoms. The lowest BCUT2D eigenvalue weighted by Gasteiger charge is -2.14. The van der Waals surface area contributed by atoms with E-state index in [2.05, 4.69) is 34.3 Å². The maximum absolute atomic E-state index is 5.75. The van der Waals surface area contributed by atoms with E-state index in [1.807, 2.05) is 18.3 Å². The van der Waals surface area contributed by atoms with Crippen LogP contribution in [0.2, 0.25) is 0 Å². The van der Waals surface area contributed by atoms with Crippen LogP contribution in [-0.2, 0) is 6.54 Å². The summed E-state index contributed by atoms with van der Waals surface area (Å²) in [5.74, 6) is 3.64. The normalized spacial score (nSPS) is 20.0. The predicted molar refractivity (Wildman–Crippen MR) is 116 cm³/mol. The smallest absolute Gasteiger partial charge is 0.213 e. The number of pyridine rings is 1. The molecule has 0 amide bonds. The lowest BCUT2D eigenvalue weighted by Crippen LogP contribution is -2.40. The second-order valence-corrected chi connectivity index (χ2v) is 7.88. The van der Waals surface area contributed by atoms with Crippen LogP contribution in [0, 0.1) is 5.92 Å². The molecule has 5 nitrogen and oxygen atoms in total. The Balaban J connectivity index is 0.00000225. The Morgan fingerprint density at radius 2 is 2.24 bits per heavy atom. The molecule has 7 heteroatoms. The van der Waals surface area contributed by atoms with E-state index in [0.717, 1.165) is 48.3 Å². The van der Waals surface area contributed by atoms with E-state index in [0.29, 0.717) is 6.54 Å². The fourth-order valence-corrected chi connectivity index (χ4v) is 3.84. The van der Waals surface area contributed by atoms with Crippen LogP contribution in [0.25, 0.3) is 0 Å². The van der Waals surface area contributed by atoms with Gasteiger partial charge in [-0.1, -0.05) is 0 Å². The zero-order valence-corrected chi connectivity index (χ0v) is 18.0. The fourth-order valence-electron chi connectivity index (χ4n) is 2.64. The third kappa shape index (κ3) is 7.60. The molecule has 25 heavy (non-hydrogen) atoms. The Morgan fingerprint density at radius 3 is 2.96 bits per heavy atom. The van der Waals surface area contributed by atoms with Gasteiger partial charge in [-0.2, -0.15) is 11.8 Å². The number of ether oxygens (including phenoxy) is 1. The number of nitrogens with one attached hydrogen (secondary N) is 2. The molecule has 140 valence electrons. The molecular weight excluding hydrogens is 447 g/mol. The number of guanidine groups is 1. The highest BCUT2D eigenvalue weighted by molar-refractivity contribution is 14.0. The Morgan fingerprint density at radius 1 is 1.36 bits per heavy atom. The van der Waals surface area contributed by atoms with E-state index in [9.17, 15) is 0 Å². The van der Waals surface area contributed by atoms with Crippen LogP contribution >= 0.6 is 35.7 Å². The second kappa shape index (κ2) is 11.1. The van der Waals surface area contributed by atoms with E-state index < -0.39 is 0 Å². The van der Waals surface area contributed by atoms with Gasteiger partial charge in [0, 0.05) is 30.6 Å². The average molecular weight is 476 g/mol. The predicted octanol–water partition coefficient (Wildman–Crippen LogP) is 3.44. The van der Waals surface area contributed by atoms with Gasteiger partial charge in [-0.05, 0) is 55.9 Å². The molecule has 0 aromatic carbocycles. The van der Waals surface area contributed by atoms with E-state index in [1.165, 1.54) is 31.4 Å². The third-order valence-electron chi connectivity index (χ3n) is 4.25. The van der Waals surface area contributed by atoms with Gasteiger partial charge < -0.3 is 15.4 Å². The Bertz CT molecular complexity index is 548. The van der Waals surface area contributed by atoms with E-state index >= 15 is 0 Å². The largest absolute Gasteiger partial charge is 0.477 e. The van der Waals surface area contributed by atoms with E-state index in [1.54, 1.807) is 0 Å². The van der Waals surface area contributed by atoms with Crippen molar-refractivity contribution < 1.29 is 4.74 Å². The van der Waals surface area contributed by atoms with Gasteiger partial charge in [0.15, 0.2) is 5.96 Å². The van der Waals surface area contributed by atoms with Crippen LogP contribution in [0.3, 0.4) is 0 Å². The van der Waals surface area contributed by atoms with Gasteiger partial charge in [-0.25, -0.2) is 9.98 Å².